The van der Waals surface area contributed by atoms with Gasteiger partial charge >= 0.3 is 11.9 Å². The molecule has 0 spiro atoms. The highest BCUT2D eigenvalue weighted by atomic mass is 32.1. The van der Waals surface area contributed by atoms with Crippen LogP contribution < -0.4 is 5.32 Å². The minimum atomic E-state index is -0.657. The standard InChI is InChI=1S/C12H13NO4S/c1-16-11(14)7-10(12(15)17-2)13-8-3-5-9(18)6-4-8/h3-7,13,18H,1-2H3/b10-7+. The summed E-state index contributed by atoms with van der Waals surface area (Å²) in [6.07, 6.45) is 1.03. The molecule has 1 aromatic carbocycles. The van der Waals surface area contributed by atoms with Gasteiger partial charge in [-0.1, -0.05) is 0 Å². The summed E-state index contributed by atoms with van der Waals surface area (Å²) >= 11 is 4.14. The first kappa shape index (κ1) is 14.1. The molecule has 0 bridgehead atoms. The Balaban J connectivity index is 2.91. The van der Waals surface area contributed by atoms with Crippen LogP contribution in [-0.4, -0.2) is 26.2 Å². The Kier molecular flexibility index (Phi) is 5.26. The topological polar surface area (TPSA) is 64.6 Å². The summed E-state index contributed by atoms with van der Waals surface area (Å²) in [4.78, 5) is 23.4. The number of carbonyl (C=O) groups is 2. The van der Waals surface area contributed by atoms with E-state index in [4.69, 9.17) is 0 Å². The quantitative estimate of drug-likeness (QED) is 0.493. The molecule has 6 heteroatoms. The second kappa shape index (κ2) is 6.70. The van der Waals surface area contributed by atoms with Crippen molar-refractivity contribution in [2.75, 3.05) is 19.5 Å². The lowest BCUT2D eigenvalue weighted by molar-refractivity contribution is -0.138. The number of rotatable bonds is 4. The molecule has 0 saturated carbocycles. The molecule has 0 fully saturated rings. The summed E-state index contributed by atoms with van der Waals surface area (Å²) in [6, 6.07) is 6.93. The third-order valence-corrected chi connectivity index (χ3v) is 2.31. The van der Waals surface area contributed by atoms with E-state index >= 15 is 0 Å². The molecule has 1 rings (SSSR count). The SMILES string of the molecule is COC(=O)/C=C(/Nc1ccc(S)cc1)C(=O)OC. The minimum absolute atomic E-state index is 0.00346. The van der Waals surface area contributed by atoms with E-state index in [2.05, 4.69) is 27.4 Å². The van der Waals surface area contributed by atoms with E-state index in [1.165, 1.54) is 14.2 Å². The molecular formula is C12H13NO4S. The number of carbonyl (C=O) groups excluding carboxylic acids is 2. The van der Waals surface area contributed by atoms with E-state index in [0.717, 1.165) is 11.0 Å². The van der Waals surface area contributed by atoms with Crippen molar-refractivity contribution in [1.82, 2.24) is 0 Å². The van der Waals surface area contributed by atoms with Crippen molar-refractivity contribution in [3.05, 3.63) is 36.0 Å². The van der Waals surface area contributed by atoms with Gasteiger partial charge in [0, 0.05) is 10.6 Å². The molecule has 5 nitrogen and oxygen atoms in total. The number of nitrogens with one attached hydrogen (secondary N) is 1. The van der Waals surface area contributed by atoms with Crippen molar-refractivity contribution in [3.63, 3.8) is 0 Å². The van der Waals surface area contributed by atoms with E-state index in [1.54, 1.807) is 24.3 Å². The first-order valence-electron chi connectivity index (χ1n) is 5.01. The largest absolute Gasteiger partial charge is 0.466 e. The lowest BCUT2D eigenvalue weighted by Gasteiger charge is -2.08. The van der Waals surface area contributed by atoms with Crippen LogP contribution in [0.2, 0.25) is 0 Å². The zero-order valence-corrected chi connectivity index (χ0v) is 10.9. The van der Waals surface area contributed by atoms with Crippen LogP contribution in [0.15, 0.2) is 40.9 Å². The van der Waals surface area contributed by atoms with Gasteiger partial charge in [-0.15, -0.1) is 12.6 Å². The van der Waals surface area contributed by atoms with Crippen molar-refractivity contribution in [2.45, 2.75) is 4.90 Å². The third kappa shape index (κ3) is 4.14. The molecule has 0 unspecified atom stereocenters. The molecule has 0 aliphatic rings. The van der Waals surface area contributed by atoms with Crippen LogP contribution in [0.25, 0.3) is 0 Å². The van der Waals surface area contributed by atoms with Crippen molar-refractivity contribution < 1.29 is 19.1 Å². The summed E-state index contributed by atoms with van der Waals surface area (Å²) < 4.78 is 9.02. The highest BCUT2D eigenvalue weighted by molar-refractivity contribution is 7.80. The zero-order valence-electron chi connectivity index (χ0n) is 9.97. The molecule has 1 aromatic rings. The molecule has 0 aliphatic heterocycles. The summed E-state index contributed by atoms with van der Waals surface area (Å²) in [6.45, 7) is 0. The number of esters is 2. The third-order valence-electron chi connectivity index (χ3n) is 2.01. The monoisotopic (exact) mass is 267 g/mol. The number of anilines is 1. The van der Waals surface area contributed by atoms with Gasteiger partial charge in [-0.25, -0.2) is 9.59 Å². The van der Waals surface area contributed by atoms with Gasteiger partial charge in [0.05, 0.1) is 20.3 Å². The van der Waals surface area contributed by atoms with Gasteiger partial charge in [-0.05, 0) is 24.3 Å². The average molecular weight is 267 g/mol. The Hall–Kier alpha value is -1.95. The maximum absolute atomic E-state index is 11.5. The minimum Gasteiger partial charge on any atom is -0.466 e. The number of thiol groups is 1. The van der Waals surface area contributed by atoms with E-state index in [0.29, 0.717) is 5.69 Å². The van der Waals surface area contributed by atoms with Crippen LogP contribution >= 0.6 is 12.6 Å². The molecule has 0 saturated heterocycles. The molecule has 0 amide bonds. The van der Waals surface area contributed by atoms with Crippen molar-refractivity contribution in [3.8, 4) is 0 Å². The van der Waals surface area contributed by atoms with Crippen LogP contribution in [0.5, 0.6) is 0 Å². The van der Waals surface area contributed by atoms with E-state index in [9.17, 15) is 9.59 Å². The number of hydrogen-bond donors (Lipinski definition) is 2. The Morgan fingerprint density at radius 3 is 2.28 bits per heavy atom. The van der Waals surface area contributed by atoms with Gasteiger partial charge in [0.1, 0.15) is 5.70 Å². The Bertz CT molecular complexity index is 467. The molecule has 0 aromatic heterocycles. The maximum Gasteiger partial charge on any atom is 0.354 e. The highest BCUT2D eigenvalue weighted by Gasteiger charge is 2.12. The number of ether oxygens (including phenoxy) is 2. The number of methoxy groups -OCH3 is 2. The molecular weight excluding hydrogens is 254 g/mol. The second-order valence-corrected chi connectivity index (χ2v) is 3.76. The molecule has 0 radical (unpaired) electrons. The van der Waals surface area contributed by atoms with Crippen LogP contribution in [0, 0.1) is 0 Å². The van der Waals surface area contributed by atoms with Crippen molar-refractivity contribution in [2.24, 2.45) is 0 Å². The fraction of sp³-hybridized carbons (Fsp3) is 0.167. The predicted octanol–water partition coefficient (Wildman–Crippen LogP) is 1.62. The van der Waals surface area contributed by atoms with Crippen LogP contribution in [0.1, 0.15) is 0 Å². The maximum atomic E-state index is 11.5. The summed E-state index contributed by atoms with van der Waals surface area (Å²) in [5.74, 6) is -1.30. The smallest absolute Gasteiger partial charge is 0.354 e. The van der Waals surface area contributed by atoms with Gasteiger partial charge in [-0.3, -0.25) is 0 Å². The Labute approximate surface area is 110 Å². The fourth-order valence-electron chi connectivity index (χ4n) is 1.13. The first-order chi connectivity index (χ1) is 8.56. The van der Waals surface area contributed by atoms with E-state index in [-0.39, 0.29) is 5.70 Å². The molecule has 0 atom stereocenters. The molecule has 0 aliphatic carbocycles. The molecule has 96 valence electrons. The van der Waals surface area contributed by atoms with E-state index < -0.39 is 11.9 Å². The van der Waals surface area contributed by atoms with Crippen LogP contribution in [0.3, 0.4) is 0 Å². The van der Waals surface area contributed by atoms with Gasteiger partial charge in [-0.2, -0.15) is 0 Å². The summed E-state index contributed by atoms with van der Waals surface area (Å²) in [7, 11) is 2.45. The fourth-order valence-corrected chi connectivity index (χ4v) is 1.28. The van der Waals surface area contributed by atoms with Gasteiger partial charge in [0.25, 0.3) is 0 Å². The highest BCUT2D eigenvalue weighted by Crippen LogP contribution is 2.14. The zero-order chi connectivity index (χ0) is 13.5. The van der Waals surface area contributed by atoms with E-state index in [1.807, 2.05) is 0 Å². The van der Waals surface area contributed by atoms with Crippen LogP contribution in [-0.2, 0) is 19.1 Å². The first-order valence-corrected chi connectivity index (χ1v) is 5.45. The number of hydrogen-bond acceptors (Lipinski definition) is 6. The van der Waals surface area contributed by atoms with Gasteiger partial charge in [0.15, 0.2) is 0 Å². The van der Waals surface area contributed by atoms with Gasteiger partial charge in [0.2, 0.25) is 0 Å². The lowest BCUT2D eigenvalue weighted by Crippen LogP contribution is -2.15. The number of benzene rings is 1. The molecule has 1 N–H and O–H groups in total. The Morgan fingerprint density at radius 1 is 1.17 bits per heavy atom. The van der Waals surface area contributed by atoms with Crippen LogP contribution in [0.4, 0.5) is 5.69 Å². The second-order valence-electron chi connectivity index (χ2n) is 3.24. The van der Waals surface area contributed by atoms with Gasteiger partial charge < -0.3 is 14.8 Å². The normalized spacial score (nSPS) is 10.7. The molecule has 0 heterocycles. The molecule has 18 heavy (non-hydrogen) atoms. The Morgan fingerprint density at radius 2 is 1.78 bits per heavy atom. The summed E-state index contributed by atoms with van der Waals surface area (Å²) in [5, 5.41) is 2.77. The summed E-state index contributed by atoms with van der Waals surface area (Å²) in [5.41, 5.74) is 0.629. The average Bonchev–Trinajstić information content (AvgIpc) is 2.39. The van der Waals surface area contributed by atoms with Crippen molar-refractivity contribution in [1.29, 1.82) is 0 Å². The lowest BCUT2D eigenvalue weighted by atomic mass is 10.3. The predicted molar refractivity (Wildman–Crippen MR) is 69.4 cm³/mol. The van der Waals surface area contributed by atoms with Crippen molar-refractivity contribution >= 4 is 30.3 Å².